The Hall–Kier alpha value is -3.58. The van der Waals surface area contributed by atoms with Crippen molar-refractivity contribution in [2.24, 2.45) is 12.8 Å². The standard InChI is InChI=1S/C20H24BrN9O.CH2O2/c1-11(18(31)23-10-20(2,3)22)25-19-26-15-13(6-5-7-14(15)21)17-27-16(28-30(17)19)12-8-24-29(4)9-12;2-1-3/h5-9,11H,10,22H2,1-4H3,(H,23,31)(H,25,26);1H,(H,2,3)/t11-;/m1./s1. The molecule has 0 spiro atoms. The summed E-state index contributed by atoms with van der Waals surface area (Å²) in [7, 11) is 1.84. The van der Waals surface area contributed by atoms with Gasteiger partial charge in [0, 0.05) is 35.2 Å². The van der Waals surface area contributed by atoms with Gasteiger partial charge in [-0.1, -0.05) is 6.07 Å². The Morgan fingerprint density at radius 1 is 1.35 bits per heavy atom. The first kappa shape index (κ1) is 25.1. The van der Waals surface area contributed by atoms with Gasteiger partial charge in [-0.15, -0.1) is 5.10 Å². The summed E-state index contributed by atoms with van der Waals surface area (Å²) in [6.45, 7) is 5.58. The lowest BCUT2D eigenvalue weighted by atomic mass is 10.1. The van der Waals surface area contributed by atoms with Gasteiger partial charge in [-0.25, -0.2) is 9.97 Å². The van der Waals surface area contributed by atoms with Crippen molar-refractivity contribution < 1.29 is 14.7 Å². The predicted molar refractivity (Wildman–Crippen MR) is 131 cm³/mol. The highest BCUT2D eigenvalue weighted by Crippen LogP contribution is 2.28. The molecule has 1 aromatic carbocycles. The molecule has 0 aliphatic heterocycles. The summed E-state index contributed by atoms with van der Waals surface area (Å²) in [5.74, 6) is 0.743. The summed E-state index contributed by atoms with van der Waals surface area (Å²) >= 11 is 3.56. The number of hydrogen-bond acceptors (Lipinski definition) is 8. The lowest BCUT2D eigenvalue weighted by Gasteiger charge is -2.21. The number of anilines is 1. The molecule has 0 saturated heterocycles. The molecule has 0 aliphatic rings. The number of amides is 1. The van der Waals surface area contributed by atoms with Crippen molar-refractivity contribution in [2.45, 2.75) is 32.4 Å². The number of nitrogens with one attached hydrogen (secondary N) is 2. The molecule has 5 N–H and O–H groups in total. The molecule has 34 heavy (non-hydrogen) atoms. The van der Waals surface area contributed by atoms with Crippen molar-refractivity contribution in [3.63, 3.8) is 0 Å². The average molecular weight is 532 g/mol. The van der Waals surface area contributed by atoms with E-state index in [0.29, 0.717) is 24.0 Å². The third-order valence-electron chi connectivity index (χ3n) is 4.67. The van der Waals surface area contributed by atoms with Crippen molar-refractivity contribution >= 4 is 50.8 Å². The average Bonchev–Trinajstić information content (AvgIpc) is 3.39. The van der Waals surface area contributed by atoms with Crippen LogP contribution in [0.3, 0.4) is 0 Å². The maximum atomic E-state index is 12.6. The largest absolute Gasteiger partial charge is 0.483 e. The molecular weight excluding hydrogens is 506 g/mol. The summed E-state index contributed by atoms with van der Waals surface area (Å²) in [6.07, 6.45) is 3.55. The number of aryl methyl sites for hydroxylation is 1. The van der Waals surface area contributed by atoms with E-state index in [1.54, 1.807) is 22.3 Å². The number of carboxylic acid groups (broad SMARTS) is 1. The normalized spacial score (nSPS) is 12.2. The monoisotopic (exact) mass is 531 g/mol. The molecule has 4 rings (SSSR count). The second-order valence-corrected chi connectivity index (χ2v) is 9.18. The van der Waals surface area contributed by atoms with Crippen LogP contribution in [0.4, 0.5) is 5.95 Å². The minimum Gasteiger partial charge on any atom is -0.483 e. The Kier molecular flexibility index (Phi) is 7.47. The van der Waals surface area contributed by atoms with Crippen molar-refractivity contribution in [3.05, 3.63) is 35.1 Å². The van der Waals surface area contributed by atoms with Gasteiger partial charge in [0.25, 0.3) is 6.47 Å². The number of nitrogens with two attached hydrogens (primary N) is 1. The fraction of sp³-hybridized carbons (Fsp3) is 0.333. The van der Waals surface area contributed by atoms with Crippen LogP contribution in [-0.2, 0) is 16.6 Å². The van der Waals surface area contributed by atoms with Crippen LogP contribution in [0, 0.1) is 0 Å². The van der Waals surface area contributed by atoms with Crippen LogP contribution >= 0.6 is 15.9 Å². The van der Waals surface area contributed by atoms with E-state index >= 15 is 0 Å². The number of nitrogens with zero attached hydrogens (tertiary/aromatic N) is 6. The quantitative estimate of drug-likeness (QED) is 0.271. The Balaban J connectivity index is 0.00000103. The van der Waals surface area contributed by atoms with Gasteiger partial charge in [0.15, 0.2) is 11.5 Å². The van der Waals surface area contributed by atoms with Crippen molar-refractivity contribution in [3.8, 4) is 11.4 Å². The number of para-hydroxylation sites is 1. The van der Waals surface area contributed by atoms with Crippen molar-refractivity contribution in [2.75, 3.05) is 11.9 Å². The van der Waals surface area contributed by atoms with Gasteiger partial charge in [-0.3, -0.25) is 14.3 Å². The van der Waals surface area contributed by atoms with Crippen molar-refractivity contribution in [1.29, 1.82) is 0 Å². The molecule has 0 bridgehead atoms. The molecule has 180 valence electrons. The maximum Gasteiger partial charge on any atom is 0.290 e. The summed E-state index contributed by atoms with van der Waals surface area (Å²) in [4.78, 5) is 30.4. The minimum absolute atomic E-state index is 0.187. The third-order valence-corrected chi connectivity index (χ3v) is 5.31. The van der Waals surface area contributed by atoms with Gasteiger partial charge in [0.05, 0.1) is 17.3 Å². The smallest absolute Gasteiger partial charge is 0.290 e. The summed E-state index contributed by atoms with van der Waals surface area (Å²) in [6, 6.07) is 5.20. The van der Waals surface area contributed by atoms with Gasteiger partial charge in [0.2, 0.25) is 11.9 Å². The Bertz CT molecular complexity index is 1330. The molecule has 3 heterocycles. The number of hydrogen-bond donors (Lipinski definition) is 4. The van der Waals surface area contributed by atoms with Gasteiger partial charge in [0.1, 0.15) is 6.04 Å². The number of benzene rings is 1. The molecule has 0 aliphatic carbocycles. The fourth-order valence-electron chi connectivity index (χ4n) is 3.08. The predicted octanol–water partition coefficient (Wildman–Crippen LogP) is 1.80. The topological polar surface area (TPSA) is 165 Å². The van der Waals surface area contributed by atoms with Crippen LogP contribution in [-0.4, -0.2) is 65.0 Å². The zero-order valence-electron chi connectivity index (χ0n) is 19.2. The highest BCUT2D eigenvalue weighted by atomic mass is 79.9. The molecule has 0 unspecified atom stereocenters. The molecule has 1 atom stereocenters. The van der Waals surface area contributed by atoms with Gasteiger partial charge in [-0.2, -0.15) is 9.61 Å². The Morgan fingerprint density at radius 3 is 2.68 bits per heavy atom. The van der Waals surface area contributed by atoms with Gasteiger partial charge >= 0.3 is 0 Å². The SMILES string of the molecule is C[C@@H](Nc1nc2c(Br)cccc2c2nc(-c3cnn(C)c3)nn12)C(=O)NCC(C)(C)N.O=CO. The van der Waals surface area contributed by atoms with Crippen LogP contribution in [0.5, 0.6) is 0 Å². The first-order chi connectivity index (χ1) is 16.0. The number of halogens is 1. The summed E-state index contributed by atoms with van der Waals surface area (Å²) in [5, 5.41) is 22.6. The van der Waals surface area contributed by atoms with E-state index in [9.17, 15) is 4.79 Å². The maximum absolute atomic E-state index is 12.6. The molecule has 0 saturated carbocycles. The van der Waals surface area contributed by atoms with E-state index in [4.69, 9.17) is 25.6 Å². The summed E-state index contributed by atoms with van der Waals surface area (Å²) in [5.41, 5.74) is 7.60. The van der Waals surface area contributed by atoms with E-state index in [0.717, 1.165) is 20.9 Å². The molecule has 12 nitrogen and oxygen atoms in total. The summed E-state index contributed by atoms with van der Waals surface area (Å²) < 4.78 is 4.13. The Morgan fingerprint density at radius 2 is 2.06 bits per heavy atom. The van der Waals surface area contributed by atoms with Crippen LogP contribution in [0.2, 0.25) is 0 Å². The zero-order valence-corrected chi connectivity index (χ0v) is 20.7. The van der Waals surface area contributed by atoms with Crippen LogP contribution in [0.25, 0.3) is 27.9 Å². The van der Waals surface area contributed by atoms with E-state index in [-0.39, 0.29) is 12.4 Å². The van der Waals surface area contributed by atoms with Crippen LogP contribution in [0.15, 0.2) is 35.1 Å². The van der Waals surface area contributed by atoms with Crippen LogP contribution in [0.1, 0.15) is 20.8 Å². The molecule has 4 aromatic rings. The molecule has 3 aromatic heterocycles. The van der Waals surface area contributed by atoms with Crippen molar-refractivity contribution in [1.82, 2.24) is 34.7 Å². The fourth-order valence-corrected chi connectivity index (χ4v) is 3.53. The first-order valence-corrected chi connectivity index (χ1v) is 11.1. The van der Waals surface area contributed by atoms with E-state index in [2.05, 4.69) is 36.8 Å². The third kappa shape index (κ3) is 5.66. The second-order valence-electron chi connectivity index (χ2n) is 8.32. The van der Waals surface area contributed by atoms with Gasteiger partial charge in [-0.05, 0) is 48.8 Å². The van der Waals surface area contributed by atoms with E-state index < -0.39 is 11.6 Å². The Labute approximate surface area is 203 Å². The highest BCUT2D eigenvalue weighted by molar-refractivity contribution is 9.10. The number of carbonyl (C=O) groups excluding carboxylic acids is 1. The van der Waals surface area contributed by atoms with E-state index in [1.165, 1.54) is 0 Å². The first-order valence-electron chi connectivity index (χ1n) is 10.3. The number of fused-ring (bicyclic) bond motifs is 3. The molecule has 0 fully saturated rings. The lowest BCUT2D eigenvalue weighted by molar-refractivity contribution is -0.123. The number of rotatable bonds is 6. The van der Waals surface area contributed by atoms with Crippen LogP contribution < -0.4 is 16.4 Å². The molecule has 1 amide bonds. The van der Waals surface area contributed by atoms with Gasteiger partial charge < -0.3 is 21.5 Å². The zero-order chi connectivity index (χ0) is 25.0. The van der Waals surface area contributed by atoms with E-state index in [1.807, 2.05) is 45.3 Å². The minimum atomic E-state index is -0.566. The molecule has 0 radical (unpaired) electrons. The molecular formula is C21H26BrN9O3. The number of carbonyl (C=O) groups is 2. The second kappa shape index (κ2) is 10.1. The lowest BCUT2D eigenvalue weighted by Crippen LogP contribution is -2.48. The number of aromatic nitrogens is 6. The molecule has 13 heteroatoms. The highest BCUT2D eigenvalue weighted by Gasteiger charge is 2.21.